The van der Waals surface area contributed by atoms with E-state index in [2.05, 4.69) is 4.98 Å². The summed E-state index contributed by atoms with van der Waals surface area (Å²) in [5.74, 6) is 0. The molecule has 0 bridgehead atoms. The number of hydrogen-bond acceptors (Lipinski definition) is 2. The van der Waals surface area contributed by atoms with Crippen LogP contribution in [-0.4, -0.2) is 9.91 Å². The first-order valence-corrected chi connectivity index (χ1v) is 3.94. The molecule has 0 radical (unpaired) electrons. The van der Waals surface area contributed by atoms with Gasteiger partial charge in [-0.3, -0.25) is 10.1 Å². The van der Waals surface area contributed by atoms with E-state index in [-0.39, 0.29) is 11.5 Å². The molecule has 0 aliphatic rings. The highest BCUT2D eigenvalue weighted by molar-refractivity contribution is 5.80. The van der Waals surface area contributed by atoms with E-state index in [9.17, 15) is 10.1 Å². The number of nitrogens with zero attached hydrogens (tertiary/aromatic N) is 1. The number of aromatic nitrogens is 1. The molecule has 2 aromatic rings. The van der Waals surface area contributed by atoms with Gasteiger partial charge in [0.05, 0.1) is 5.69 Å². The second-order valence-corrected chi connectivity index (χ2v) is 2.87. The molecule has 1 aromatic heterocycles. The van der Waals surface area contributed by atoms with Gasteiger partial charge >= 0.3 is 0 Å². The predicted molar refractivity (Wildman–Crippen MR) is 49.0 cm³/mol. The van der Waals surface area contributed by atoms with Crippen LogP contribution in [0.15, 0.2) is 30.3 Å². The van der Waals surface area contributed by atoms with E-state index in [4.69, 9.17) is 0 Å². The Morgan fingerprint density at radius 3 is 2.85 bits per heavy atom. The summed E-state index contributed by atoms with van der Waals surface area (Å²) in [7, 11) is 0. The third-order valence-corrected chi connectivity index (χ3v) is 1.89. The van der Waals surface area contributed by atoms with Crippen LogP contribution in [0.1, 0.15) is 5.69 Å². The number of benzene rings is 1. The summed E-state index contributed by atoms with van der Waals surface area (Å²) in [4.78, 5) is 12.9. The van der Waals surface area contributed by atoms with Gasteiger partial charge in [-0.2, -0.15) is 0 Å². The Morgan fingerprint density at radius 2 is 2.15 bits per heavy atom. The highest BCUT2D eigenvalue weighted by Gasteiger charge is 2.04. The summed E-state index contributed by atoms with van der Waals surface area (Å²) >= 11 is 0. The topological polar surface area (TPSA) is 58.9 Å². The number of para-hydroxylation sites is 1. The first-order valence-electron chi connectivity index (χ1n) is 3.94. The predicted octanol–water partition coefficient (Wildman–Crippen LogP) is 1.94. The van der Waals surface area contributed by atoms with Gasteiger partial charge in [0, 0.05) is 10.4 Å². The Morgan fingerprint density at radius 1 is 1.38 bits per heavy atom. The fourth-order valence-electron chi connectivity index (χ4n) is 1.36. The van der Waals surface area contributed by atoms with Gasteiger partial charge < -0.3 is 4.98 Å². The van der Waals surface area contributed by atoms with Crippen LogP contribution in [0.2, 0.25) is 0 Å². The maximum Gasteiger partial charge on any atom is 0.243 e. The quantitative estimate of drug-likeness (QED) is 0.561. The molecule has 0 fully saturated rings. The van der Waals surface area contributed by atoms with E-state index in [0.717, 1.165) is 10.9 Å². The molecular formula is C9H8N2O2. The van der Waals surface area contributed by atoms with Gasteiger partial charge in [-0.25, -0.2) is 0 Å². The molecule has 13 heavy (non-hydrogen) atoms. The highest BCUT2D eigenvalue weighted by Crippen LogP contribution is 2.14. The molecule has 0 amide bonds. The van der Waals surface area contributed by atoms with Gasteiger partial charge in [-0.1, -0.05) is 18.2 Å². The maximum absolute atomic E-state index is 10.2. The van der Waals surface area contributed by atoms with Crippen LogP contribution in [0, 0.1) is 10.1 Å². The average Bonchev–Trinajstić information content (AvgIpc) is 2.44. The van der Waals surface area contributed by atoms with Crippen molar-refractivity contribution in [3.63, 3.8) is 0 Å². The Labute approximate surface area is 74.3 Å². The summed E-state index contributed by atoms with van der Waals surface area (Å²) < 4.78 is 0. The van der Waals surface area contributed by atoms with Crippen molar-refractivity contribution in [3.8, 4) is 0 Å². The number of hydrogen-bond donors (Lipinski definition) is 1. The monoisotopic (exact) mass is 176 g/mol. The van der Waals surface area contributed by atoms with Crippen LogP contribution >= 0.6 is 0 Å². The average molecular weight is 176 g/mol. The number of aromatic amines is 1. The van der Waals surface area contributed by atoms with Crippen molar-refractivity contribution in [1.29, 1.82) is 0 Å². The van der Waals surface area contributed by atoms with Crippen LogP contribution in [0.25, 0.3) is 10.9 Å². The molecule has 4 nitrogen and oxygen atoms in total. The Balaban J connectivity index is 2.44. The zero-order chi connectivity index (χ0) is 9.26. The molecule has 0 aliphatic heterocycles. The molecule has 0 aliphatic carbocycles. The maximum atomic E-state index is 10.2. The van der Waals surface area contributed by atoms with Crippen molar-refractivity contribution in [3.05, 3.63) is 46.1 Å². The molecule has 1 aromatic carbocycles. The van der Waals surface area contributed by atoms with Crippen LogP contribution < -0.4 is 0 Å². The van der Waals surface area contributed by atoms with Crippen molar-refractivity contribution < 1.29 is 4.92 Å². The Bertz CT molecular complexity index is 415. The van der Waals surface area contributed by atoms with E-state index in [1.165, 1.54) is 0 Å². The minimum atomic E-state index is -0.343. The van der Waals surface area contributed by atoms with Gasteiger partial charge in [0.1, 0.15) is 0 Å². The lowest BCUT2D eigenvalue weighted by Crippen LogP contribution is -1.97. The molecule has 0 unspecified atom stereocenters. The smallest absolute Gasteiger partial charge is 0.243 e. The lowest BCUT2D eigenvalue weighted by molar-refractivity contribution is -0.497. The normalized spacial score (nSPS) is 10.5. The van der Waals surface area contributed by atoms with E-state index >= 15 is 0 Å². The first kappa shape index (κ1) is 7.79. The van der Waals surface area contributed by atoms with Crippen molar-refractivity contribution in [2.24, 2.45) is 0 Å². The lowest BCUT2D eigenvalue weighted by Gasteiger charge is -1.87. The van der Waals surface area contributed by atoms with E-state index < -0.39 is 0 Å². The fourth-order valence-corrected chi connectivity index (χ4v) is 1.36. The second kappa shape index (κ2) is 2.90. The zero-order valence-corrected chi connectivity index (χ0v) is 6.86. The number of nitrogens with one attached hydrogen (secondary N) is 1. The molecule has 66 valence electrons. The van der Waals surface area contributed by atoms with E-state index in [1.807, 2.05) is 24.3 Å². The summed E-state index contributed by atoms with van der Waals surface area (Å²) in [5.41, 5.74) is 1.59. The number of nitro groups is 1. The van der Waals surface area contributed by atoms with Crippen molar-refractivity contribution in [1.82, 2.24) is 4.98 Å². The summed E-state index contributed by atoms with van der Waals surface area (Å²) in [6.45, 7) is -0.144. The zero-order valence-electron chi connectivity index (χ0n) is 6.86. The van der Waals surface area contributed by atoms with Crippen molar-refractivity contribution >= 4 is 10.9 Å². The molecule has 0 saturated heterocycles. The number of fused-ring (bicyclic) bond motifs is 1. The molecule has 1 N–H and O–H groups in total. The van der Waals surface area contributed by atoms with E-state index in [1.54, 1.807) is 6.07 Å². The molecule has 1 heterocycles. The van der Waals surface area contributed by atoms with Crippen LogP contribution in [-0.2, 0) is 6.54 Å². The lowest BCUT2D eigenvalue weighted by atomic mass is 10.2. The standard InChI is InChI=1S/C9H8N2O2/c12-11(13)6-8-5-7-3-1-2-4-9(7)10-8/h1-5,10H,6H2. The second-order valence-electron chi connectivity index (χ2n) is 2.87. The Kier molecular flexibility index (Phi) is 1.73. The minimum absolute atomic E-state index is 0.144. The fraction of sp³-hybridized carbons (Fsp3) is 0.111. The largest absolute Gasteiger partial charge is 0.353 e. The number of rotatable bonds is 2. The molecule has 2 rings (SSSR count). The third-order valence-electron chi connectivity index (χ3n) is 1.89. The molecule has 0 atom stereocenters. The van der Waals surface area contributed by atoms with Gasteiger partial charge in [0.2, 0.25) is 6.54 Å². The summed E-state index contributed by atoms with van der Waals surface area (Å²) in [6, 6.07) is 9.44. The molecular weight excluding hydrogens is 168 g/mol. The van der Waals surface area contributed by atoms with Crippen LogP contribution in [0.3, 0.4) is 0 Å². The van der Waals surface area contributed by atoms with Gasteiger partial charge in [-0.05, 0) is 17.5 Å². The number of H-pyrrole nitrogens is 1. The molecule has 0 spiro atoms. The third kappa shape index (κ3) is 1.51. The van der Waals surface area contributed by atoms with Gasteiger partial charge in [0.25, 0.3) is 0 Å². The highest BCUT2D eigenvalue weighted by atomic mass is 16.6. The van der Waals surface area contributed by atoms with E-state index in [0.29, 0.717) is 5.69 Å². The summed E-state index contributed by atoms with van der Waals surface area (Å²) in [5, 5.41) is 11.2. The minimum Gasteiger partial charge on any atom is -0.353 e. The van der Waals surface area contributed by atoms with Crippen LogP contribution in [0.4, 0.5) is 0 Å². The van der Waals surface area contributed by atoms with Crippen molar-refractivity contribution in [2.75, 3.05) is 0 Å². The SMILES string of the molecule is O=[N+]([O-])Cc1cc2ccccc2[nH]1. The molecule has 0 saturated carbocycles. The van der Waals surface area contributed by atoms with Gasteiger partial charge in [0.15, 0.2) is 0 Å². The summed E-state index contributed by atoms with van der Waals surface area (Å²) in [6.07, 6.45) is 0. The van der Waals surface area contributed by atoms with Crippen LogP contribution in [0.5, 0.6) is 0 Å². The Hall–Kier alpha value is -1.84. The first-order chi connectivity index (χ1) is 6.25. The van der Waals surface area contributed by atoms with Crippen molar-refractivity contribution in [2.45, 2.75) is 6.54 Å². The van der Waals surface area contributed by atoms with Gasteiger partial charge in [-0.15, -0.1) is 0 Å². The molecule has 4 heteroatoms.